The zero-order valence-corrected chi connectivity index (χ0v) is 6.61. The summed E-state index contributed by atoms with van der Waals surface area (Å²) < 4.78 is 4.45. The lowest BCUT2D eigenvalue weighted by Gasteiger charge is -1.98. The smallest absolute Gasteiger partial charge is 0.339 e. The Kier molecular flexibility index (Phi) is 2.76. The number of hydrogen-bond acceptors (Lipinski definition) is 3. The Bertz CT molecular complexity index is 285. The standard InChI is InChI=1S/C8H8NO3/c1-12-8(11)7-2-6(5-10)3-9-4-7/h2-4H,5H2,1H3. The number of methoxy groups -OCH3 is 1. The van der Waals surface area contributed by atoms with Crippen LogP contribution >= 0.6 is 0 Å². The summed E-state index contributed by atoms with van der Waals surface area (Å²) in [6.07, 6.45) is 2.80. The Balaban J connectivity index is 2.93. The highest BCUT2D eigenvalue weighted by atomic mass is 16.5. The van der Waals surface area contributed by atoms with Crippen LogP contribution in [0.2, 0.25) is 0 Å². The fourth-order valence-corrected chi connectivity index (χ4v) is 0.796. The minimum absolute atomic E-state index is 0.311. The van der Waals surface area contributed by atoms with E-state index in [1.54, 1.807) is 0 Å². The van der Waals surface area contributed by atoms with E-state index < -0.39 is 5.97 Å². The van der Waals surface area contributed by atoms with Gasteiger partial charge in [0.25, 0.3) is 0 Å². The van der Waals surface area contributed by atoms with Gasteiger partial charge in [-0.15, -0.1) is 0 Å². The van der Waals surface area contributed by atoms with Gasteiger partial charge in [0, 0.05) is 18.0 Å². The van der Waals surface area contributed by atoms with Crippen LogP contribution in [-0.2, 0) is 16.5 Å². The summed E-state index contributed by atoms with van der Waals surface area (Å²) in [7, 11) is 1.28. The molecule has 1 heterocycles. The molecule has 1 aromatic rings. The highest BCUT2D eigenvalue weighted by Crippen LogP contribution is 2.03. The maximum atomic E-state index is 10.9. The van der Waals surface area contributed by atoms with Gasteiger partial charge in [-0.25, -0.2) is 9.90 Å². The quantitative estimate of drug-likeness (QED) is 0.610. The van der Waals surface area contributed by atoms with Crippen LogP contribution in [0.3, 0.4) is 0 Å². The van der Waals surface area contributed by atoms with E-state index in [4.69, 9.17) is 0 Å². The zero-order chi connectivity index (χ0) is 8.97. The molecule has 1 radical (unpaired) electrons. The van der Waals surface area contributed by atoms with Gasteiger partial charge in [0.2, 0.25) is 0 Å². The molecule has 0 saturated heterocycles. The van der Waals surface area contributed by atoms with Crippen molar-refractivity contribution in [2.75, 3.05) is 7.11 Å². The molecule has 0 amide bonds. The third kappa shape index (κ3) is 1.79. The van der Waals surface area contributed by atoms with Crippen LogP contribution in [0.4, 0.5) is 0 Å². The van der Waals surface area contributed by atoms with E-state index in [0.29, 0.717) is 11.1 Å². The van der Waals surface area contributed by atoms with Gasteiger partial charge in [-0.05, 0) is 6.07 Å². The molecule has 0 bridgehead atoms. The topological polar surface area (TPSA) is 59.1 Å². The first-order valence-electron chi connectivity index (χ1n) is 3.38. The number of carbonyl (C=O) groups is 1. The number of nitrogens with zero attached hydrogens (tertiary/aromatic N) is 1. The second kappa shape index (κ2) is 3.82. The van der Waals surface area contributed by atoms with Crippen LogP contribution in [0, 0.1) is 0 Å². The van der Waals surface area contributed by atoms with Crippen molar-refractivity contribution in [1.82, 2.24) is 4.98 Å². The number of pyridine rings is 1. The second-order valence-corrected chi connectivity index (χ2v) is 2.22. The first-order chi connectivity index (χ1) is 5.77. The molecule has 0 fully saturated rings. The molecule has 0 aromatic carbocycles. The number of ether oxygens (including phenoxy) is 1. The minimum Gasteiger partial charge on any atom is -0.465 e. The third-order valence-electron chi connectivity index (χ3n) is 1.38. The van der Waals surface area contributed by atoms with Crippen molar-refractivity contribution >= 4 is 5.97 Å². The number of carbonyl (C=O) groups excluding carboxylic acids is 1. The second-order valence-electron chi connectivity index (χ2n) is 2.22. The molecule has 0 N–H and O–H groups in total. The predicted molar refractivity (Wildman–Crippen MR) is 40.0 cm³/mol. The summed E-state index contributed by atoms with van der Waals surface area (Å²) in [5, 5.41) is 10.4. The summed E-state index contributed by atoms with van der Waals surface area (Å²) in [6.45, 7) is -0.377. The van der Waals surface area contributed by atoms with E-state index in [-0.39, 0.29) is 6.61 Å². The van der Waals surface area contributed by atoms with Gasteiger partial charge in [0.15, 0.2) is 0 Å². The Hall–Kier alpha value is -1.42. The SMILES string of the molecule is COC(=O)c1cncc(C[O])c1. The van der Waals surface area contributed by atoms with Crippen LogP contribution in [0.15, 0.2) is 18.5 Å². The van der Waals surface area contributed by atoms with Crippen LogP contribution in [0.1, 0.15) is 15.9 Å². The van der Waals surface area contributed by atoms with Gasteiger partial charge in [0.05, 0.1) is 12.7 Å². The summed E-state index contributed by atoms with van der Waals surface area (Å²) in [4.78, 5) is 14.6. The van der Waals surface area contributed by atoms with Gasteiger partial charge < -0.3 is 4.74 Å². The maximum Gasteiger partial charge on any atom is 0.339 e. The largest absolute Gasteiger partial charge is 0.465 e. The van der Waals surface area contributed by atoms with Crippen molar-refractivity contribution < 1.29 is 14.6 Å². The fraction of sp³-hybridized carbons (Fsp3) is 0.250. The zero-order valence-electron chi connectivity index (χ0n) is 6.61. The van der Waals surface area contributed by atoms with Gasteiger partial charge in [-0.1, -0.05) is 0 Å². The third-order valence-corrected chi connectivity index (χ3v) is 1.38. The molecule has 4 heteroatoms. The monoisotopic (exact) mass is 166 g/mol. The van der Waals surface area contributed by atoms with E-state index in [1.807, 2.05) is 0 Å². The highest BCUT2D eigenvalue weighted by molar-refractivity contribution is 5.89. The molecule has 0 saturated carbocycles. The summed E-state index contributed by atoms with van der Waals surface area (Å²) in [5.41, 5.74) is 0.795. The van der Waals surface area contributed by atoms with Crippen molar-refractivity contribution in [2.45, 2.75) is 6.61 Å². The lowest BCUT2D eigenvalue weighted by Crippen LogP contribution is -2.02. The van der Waals surface area contributed by atoms with Crippen molar-refractivity contribution in [3.8, 4) is 0 Å². The lowest BCUT2D eigenvalue weighted by atomic mass is 10.2. The van der Waals surface area contributed by atoms with Gasteiger partial charge in [-0.3, -0.25) is 4.98 Å². The summed E-state index contributed by atoms with van der Waals surface area (Å²) in [6, 6.07) is 1.48. The Morgan fingerprint density at radius 3 is 2.92 bits per heavy atom. The average Bonchev–Trinajstić information content (AvgIpc) is 2.17. The van der Waals surface area contributed by atoms with E-state index in [0.717, 1.165) is 0 Å². The van der Waals surface area contributed by atoms with E-state index >= 15 is 0 Å². The van der Waals surface area contributed by atoms with Gasteiger partial charge in [0.1, 0.15) is 6.61 Å². The van der Waals surface area contributed by atoms with Crippen molar-refractivity contribution in [3.63, 3.8) is 0 Å². The molecule has 0 unspecified atom stereocenters. The summed E-state index contributed by atoms with van der Waals surface area (Å²) >= 11 is 0. The normalized spacial score (nSPS) is 9.50. The molecule has 4 nitrogen and oxygen atoms in total. The molecule has 1 rings (SSSR count). The van der Waals surface area contributed by atoms with Crippen molar-refractivity contribution in [1.29, 1.82) is 0 Å². The molecule has 12 heavy (non-hydrogen) atoms. The molecular weight excluding hydrogens is 158 g/mol. The summed E-state index contributed by atoms with van der Waals surface area (Å²) in [5.74, 6) is -0.474. The first kappa shape index (κ1) is 8.67. The fourth-order valence-electron chi connectivity index (χ4n) is 0.796. The highest BCUT2D eigenvalue weighted by Gasteiger charge is 2.05. The molecule has 0 spiro atoms. The van der Waals surface area contributed by atoms with E-state index in [2.05, 4.69) is 9.72 Å². The van der Waals surface area contributed by atoms with Crippen LogP contribution in [0.5, 0.6) is 0 Å². The molecule has 63 valence electrons. The maximum absolute atomic E-state index is 10.9. The van der Waals surface area contributed by atoms with E-state index in [9.17, 15) is 9.90 Å². The molecular formula is C8H8NO3. The Morgan fingerprint density at radius 2 is 2.33 bits per heavy atom. The van der Waals surface area contributed by atoms with E-state index in [1.165, 1.54) is 25.6 Å². The molecule has 0 aliphatic heterocycles. The first-order valence-corrected chi connectivity index (χ1v) is 3.38. The van der Waals surface area contributed by atoms with Crippen molar-refractivity contribution in [2.24, 2.45) is 0 Å². The van der Waals surface area contributed by atoms with Crippen molar-refractivity contribution in [3.05, 3.63) is 29.6 Å². The minimum atomic E-state index is -0.474. The molecule has 0 aliphatic rings. The molecule has 1 aromatic heterocycles. The lowest BCUT2D eigenvalue weighted by molar-refractivity contribution is 0.0600. The van der Waals surface area contributed by atoms with Crippen LogP contribution in [0.25, 0.3) is 0 Å². The number of esters is 1. The van der Waals surface area contributed by atoms with Gasteiger partial charge in [-0.2, -0.15) is 0 Å². The van der Waals surface area contributed by atoms with Crippen LogP contribution < -0.4 is 0 Å². The molecule has 0 aliphatic carbocycles. The number of aromatic nitrogens is 1. The predicted octanol–water partition coefficient (Wildman–Crippen LogP) is 0.799. The number of rotatable bonds is 2. The van der Waals surface area contributed by atoms with Gasteiger partial charge >= 0.3 is 5.97 Å². The average molecular weight is 166 g/mol. The Morgan fingerprint density at radius 1 is 1.58 bits per heavy atom. The Labute approximate surface area is 69.8 Å². The molecule has 0 atom stereocenters. The number of hydrogen-bond donors (Lipinski definition) is 0. The van der Waals surface area contributed by atoms with Crippen LogP contribution in [-0.4, -0.2) is 18.1 Å².